The van der Waals surface area contributed by atoms with Crippen LogP contribution < -0.4 is 0 Å². The molecule has 19 heavy (non-hydrogen) atoms. The van der Waals surface area contributed by atoms with Crippen LogP contribution in [0.1, 0.15) is 40.0 Å². The summed E-state index contributed by atoms with van der Waals surface area (Å²) in [5.41, 5.74) is -1.33. The lowest BCUT2D eigenvalue weighted by Crippen LogP contribution is -2.62. The van der Waals surface area contributed by atoms with E-state index in [1.165, 1.54) is 26.7 Å². The van der Waals surface area contributed by atoms with Gasteiger partial charge in [-0.25, -0.2) is 0 Å². The number of hydrogen-bond acceptors (Lipinski definition) is 3. The van der Waals surface area contributed by atoms with Crippen molar-refractivity contribution in [2.45, 2.75) is 52.1 Å². The smallest absolute Gasteiger partial charge is 0.318 e. The van der Waals surface area contributed by atoms with Crippen molar-refractivity contribution < 1.29 is 14.7 Å². The molecular formula is C14H24N2O3. The van der Waals surface area contributed by atoms with Gasteiger partial charge in [0.05, 0.1) is 0 Å². The fourth-order valence-corrected chi connectivity index (χ4v) is 3.09. The number of piperazine rings is 1. The summed E-state index contributed by atoms with van der Waals surface area (Å²) in [6.07, 6.45) is 3.56. The second kappa shape index (κ2) is 5.12. The molecule has 2 atom stereocenters. The van der Waals surface area contributed by atoms with Crippen molar-refractivity contribution in [3.63, 3.8) is 0 Å². The summed E-state index contributed by atoms with van der Waals surface area (Å²) >= 11 is 0. The highest BCUT2D eigenvalue weighted by Gasteiger charge is 2.44. The van der Waals surface area contributed by atoms with Gasteiger partial charge in [-0.1, -0.05) is 6.42 Å². The minimum Gasteiger partial charge on any atom is -0.480 e. The van der Waals surface area contributed by atoms with Crippen LogP contribution in [0.5, 0.6) is 0 Å². The van der Waals surface area contributed by atoms with E-state index in [4.69, 9.17) is 0 Å². The van der Waals surface area contributed by atoms with Crippen LogP contribution in [0.4, 0.5) is 0 Å². The van der Waals surface area contributed by atoms with E-state index in [2.05, 4.69) is 4.90 Å². The fraction of sp³-hybridized carbons (Fsp3) is 0.857. The molecule has 0 spiro atoms. The van der Waals surface area contributed by atoms with Crippen molar-refractivity contribution >= 4 is 11.9 Å². The molecule has 5 nitrogen and oxygen atoms in total. The van der Waals surface area contributed by atoms with Gasteiger partial charge < -0.3 is 10.0 Å². The standard InChI is InChI=1S/C14H24N2O3/c1-10-8-15-7-5-4-6-11(15)9-16(10)12(17)14(2,3)13(18)19/h10-11H,4-9H2,1-3H3,(H,18,19). The molecule has 5 heteroatoms. The molecular weight excluding hydrogens is 244 g/mol. The number of rotatable bonds is 2. The van der Waals surface area contributed by atoms with Crippen LogP contribution in [0, 0.1) is 5.41 Å². The number of carboxylic acids is 1. The largest absolute Gasteiger partial charge is 0.480 e. The Morgan fingerprint density at radius 1 is 1.21 bits per heavy atom. The minimum absolute atomic E-state index is 0.0977. The third-order valence-electron chi connectivity index (χ3n) is 4.52. The van der Waals surface area contributed by atoms with Gasteiger partial charge in [0.2, 0.25) is 5.91 Å². The number of fused-ring (bicyclic) bond motifs is 1. The third-order valence-corrected chi connectivity index (χ3v) is 4.52. The van der Waals surface area contributed by atoms with Gasteiger partial charge in [0.15, 0.2) is 0 Å². The minimum atomic E-state index is -1.33. The third kappa shape index (κ3) is 2.61. The van der Waals surface area contributed by atoms with Gasteiger partial charge in [-0.15, -0.1) is 0 Å². The zero-order valence-electron chi connectivity index (χ0n) is 12.1. The summed E-state index contributed by atoms with van der Waals surface area (Å²) in [6.45, 7) is 7.66. The average molecular weight is 268 g/mol. The quantitative estimate of drug-likeness (QED) is 0.764. The van der Waals surface area contributed by atoms with E-state index >= 15 is 0 Å². The van der Waals surface area contributed by atoms with E-state index in [1.54, 1.807) is 4.90 Å². The zero-order chi connectivity index (χ0) is 14.2. The van der Waals surface area contributed by atoms with Crippen molar-refractivity contribution in [1.82, 2.24) is 9.80 Å². The Labute approximate surface area is 114 Å². The molecule has 0 aromatic rings. The van der Waals surface area contributed by atoms with Crippen molar-refractivity contribution in [3.8, 4) is 0 Å². The van der Waals surface area contributed by atoms with E-state index < -0.39 is 11.4 Å². The Hall–Kier alpha value is -1.10. The van der Waals surface area contributed by atoms with E-state index in [0.717, 1.165) is 19.5 Å². The summed E-state index contributed by atoms with van der Waals surface area (Å²) < 4.78 is 0. The van der Waals surface area contributed by atoms with Gasteiger partial charge in [-0.2, -0.15) is 0 Å². The topological polar surface area (TPSA) is 60.9 Å². The first kappa shape index (κ1) is 14.3. The van der Waals surface area contributed by atoms with E-state index in [-0.39, 0.29) is 11.9 Å². The van der Waals surface area contributed by atoms with Gasteiger partial charge in [0, 0.05) is 25.2 Å². The van der Waals surface area contributed by atoms with Crippen LogP contribution in [0.3, 0.4) is 0 Å². The van der Waals surface area contributed by atoms with Crippen LogP contribution in [0.25, 0.3) is 0 Å². The normalized spacial score (nSPS) is 28.9. The first-order chi connectivity index (χ1) is 8.84. The number of nitrogens with zero attached hydrogens (tertiary/aromatic N) is 2. The SMILES string of the molecule is CC1CN2CCCCC2CN1C(=O)C(C)(C)C(=O)O. The van der Waals surface area contributed by atoms with Gasteiger partial charge >= 0.3 is 5.97 Å². The van der Waals surface area contributed by atoms with Gasteiger partial charge in [0.1, 0.15) is 5.41 Å². The molecule has 0 bridgehead atoms. The van der Waals surface area contributed by atoms with Crippen LogP contribution in [0.2, 0.25) is 0 Å². The van der Waals surface area contributed by atoms with Crippen molar-refractivity contribution in [2.24, 2.45) is 5.41 Å². The number of hydrogen-bond donors (Lipinski definition) is 1. The molecule has 0 radical (unpaired) electrons. The summed E-state index contributed by atoms with van der Waals surface area (Å²) in [4.78, 5) is 27.9. The summed E-state index contributed by atoms with van der Waals surface area (Å²) in [5, 5.41) is 9.20. The van der Waals surface area contributed by atoms with E-state index in [0.29, 0.717) is 12.6 Å². The number of aliphatic carboxylic acids is 1. The molecule has 0 aliphatic carbocycles. The monoisotopic (exact) mass is 268 g/mol. The molecule has 2 heterocycles. The molecule has 0 saturated carbocycles. The lowest BCUT2D eigenvalue weighted by molar-refractivity contribution is -0.161. The van der Waals surface area contributed by atoms with E-state index in [9.17, 15) is 14.7 Å². The zero-order valence-corrected chi connectivity index (χ0v) is 12.1. The van der Waals surface area contributed by atoms with Gasteiger partial charge in [-0.05, 0) is 40.2 Å². The number of amides is 1. The Bertz CT molecular complexity index is 381. The highest BCUT2D eigenvalue weighted by molar-refractivity contribution is 6.01. The molecule has 108 valence electrons. The summed E-state index contributed by atoms with van der Waals surface area (Å²) in [7, 11) is 0. The predicted molar refractivity (Wildman–Crippen MR) is 71.8 cm³/mol. The molecule has 2 aliphatic rings. The molecule has 2 aliphatic heterocycles. The Kier molecular flexibility index (Phi) is 3.85. The number of carboxylic acid groups (broad SMARTS) is 1. The maximum Gasteiger partial charge on any atom is 0.318 e. The second-order valence-corrected chi connectivity index (χ2v) is 6.38. The van der Waals surface area contributed by atoms with Crippen molar-refractivity contribution in [1.29, 1.82) is 0 Å². The highest BCUT2D eigenvalue weighted by atomic mass is 16.4. The fourth-order valence-electron chi connectivity index (χ4n) is 3.09. The lowest BCUT2D eigenvalue weighted by Gasteiger charge is -2.48. The maximum absolute atomic E-state index is 12.5. The lowest BCUT2D eigenvalue weighted by atomic mass is 9.89. The van der Waals surface area contributed by atoms with Crippen LogP contribution in [0.15, 0.2) is 0 Å². The molecule has 2 rings (SSSR count). The molecule has 0 aromatic heterocycles. The van der Waals surface area contributed by atoms with Crippen LogP contribution >= 0.6 is 0 Å². The molecule has 2 fully saturated rings. The Morgan fingerprint density at radius 2 is 1.89 bits per heavy atom. The van der Waals surface area contributed by atoms with Crippen molar-refractivity contribution in [3.05, 3.63) is 0 Å². The Morgan fingerprint density at radius 3 is 2.53 bits per heavy atom. The summed E-state index contributed by atoms with van der Waals surface area (Å²) in [5.74, 6) is -1.30. The van der Waals surface area contributed by atoms with Crippen LogP contribution in [-0.2, 0) is 9.59 Å². The molecule has 2 unspecified atom stereocenters. The van der Waals surface area contributed by atoms with Crippen molar-refractivity contribution in [2.75, 3.05) is 19.6 Å². The maximum atomic E-state index is 12.5. The van der Waals surface area contributed by atoms with E-state index in [1.807, 2.05) is 6.92 Å². The highest BCUT2D eigenvalue weighted by Crippen LogP contribution is 2.28. The van der Waals surface area contributed by atoms with Crippen LogP contribution in [-0.4, -0.2) is 58.5 Å². The molecule has 1 N–H and O–H groups in total. The number of carbonyl (C=O) groups excluding carboxylic acids is 1. The second-order valence-electron chi connectivity index (χ2n) is 6.38. The summed E-state index contributed by atoms with van der Waals surface area (Å²) in [6, 6.07) is 0.513. The molecule has 2 saturated heterocycles. The van der Waals surface area contributed by atoms with Gasteiger partial charge in [-0.3, -0.25) is 14.5 Å². The predicted octanol–water partition coefficient (Wildman–Crippen LogP) is 1.18. The number of carbonyl (C=O) groups is 2. The van der Waals surface area contributed by atoms with Gasteiger partial charge in [0.25, 0.3) is 0 Å². The molecule has 1 amide bonds. The Balaban J connectivity index is 2.12. The average Bonchev–Trinajstić information content (AvgIpc) is 2.36. The first-order valence-electron chi connectivity index (χ1n) is 7.12. The molecule has 0 aromatic carbocycles. The number of piperidine rings is 1. The first-order valence-corrected chi connectivity index (χ1v) is 7.12.